The first kappa shape index (κ1) is 17.3. The second kappa shape index (κ2) is 7.57. The van der Waals surface area contributed by atoms with E-state index in [1.54, 1.807) is 29.2 Å². The van der Waals surface area contributed by atoms with Gasteiger partial charge in [0.15, 0.2) is 0 Å². The number of hydrogen-bond donors (Lipinski definition) is 1. The summed E-state index contributed by atoms with van der Waals surface area (Å²) in [5.41, 5.74) is 2.28. The molecular weight excluding hydrogens is 340 g/mol. The van der Waals surface area contributed by atoms with Crippen molar-refractivity contribution >= 4 is 29.3 Å². The highest BCUT2D eigenvalue weighted by Gasteiger charge is 2.23. The van der Waals surface area contributed by atoms with Gasteiger partial charge in [-0.25, -0.2) is 4.79 Å². The van der Waals surface area contributed by atoms with Crippen LogP contribution in [0.15, 0.2) is 48.5 Å². The predicted molar refractivity (Wildman–Crippen MR) is 97.1 cm³/mol. The molecule has 2 amide bonds. The number of halogens is 1. The monoisotopic (exact) mass is 358 g/mol. The maximum atomic E-state index is 12.5. The maximum Gasteiger partial charge on any atom is 0.414 e. The molecule has 2 aromatic carbocycles. The summed E-state index contributed by atoms with van der Waals surface area (Å²) in [5.74, 6) is -0.155. The number of carbonyl (C=O) groups is 2. The standard InChI is InChI=1S/C19H19ClN2O3/c1-2-17(13-3-7-15(20)8-4-13)21-18(23)14-5-9-16(10-6-14)22-11-12-25-19(22)24/h3-10,17H,2,11-12H2,1H3,(H,21,23). The van der Waals surface area contributed by atoms with Crippen molar-refractivity contribution in [1.82, 2.24) is 5.32 Å². The van der Waals surface area contributed by atoms with E-state index in [2.05, 4.69) is 5.32 Å². The summed E-state index contributed by atoms with van der Waals surface area (Å²) < 4.78 is 4.92. The van der Waals surface area contributed by atoms with Crippen LogP contribution < -0.4 is 10.2 Å². The second-order valence-electron chi connectivity index (χ2n) is 5.80. The lowest BCUT2D eigenvalue weighted by molar-refractivity contribution is 0.0935. The fraction of sp³-hybridized carbons (Fsp3) is 0.263. The van der Waals surface area contributed by atoms with Gasteiger partial charge >= 0.3 is 6.09 Å². The van der Waals surface area contributed by atoms with Crippen LogP contribution in [0.25, 0.3) is 0 Å². The lowest BCUT2D eigenvalue weighted by Gasteiger charge is -2.18. The Bertz CT molecular complexity index is 759. The van der Waals surface area contributed by atoms with Crippen molar-refractivity contribution in [2.75, 3.05) is 18.1 Å². The number of nitrogens with zero attached hydrogens (tertiary/aromatic N) is 1. The van der Waals surface area contributed by atoms with E-state index in [-0.39, 0.29) is 18.0 Å². The summed E-state index contributed by atoms with van der Waals surface area (Å²) in [6.07, 6.45) is 0.413. The van der Waals surface area contributed by atoms with Crippen molar-refractivity contribution in [3.8, 4) is 0 Å². The van der Waals surface area contributed by atoms with E-state index in [4.69, 9.17) is 16.3 Å². The van der Waals surface area contributed by atoms with E-state index in [1.807, 2.05) is 31.2 Å². The number of cyclic esters (lactones) is 1. The molecule has 0 saturated carbocycles. The minimum absolute atomic E-state index is 0.0852. The van der Waals surface area contributed by atoms with Gasteiger partial charge in [-0.1, -0.05) is 30.7 Å². The third-order valence-corrected chi connectivity index (χ3v) is 4.44. The smallest absolute Gasteiger partial charge is 0.414 e. The molecule has 1 N–H and O–H groups in total. The molecule has 0 aromatic heterocycles. The molecule has 1 heterocycles. The van der Waals surface area contributed by atoms with Gasteiger partial charge in [-0.3, -0.25) is 9.69 Å². The van der Waals surface area contributed by atoms with Gasteiger partial charge < -0.3 is 10.1 Å². The Morgan fingerprint density at radius 2 is 1.88 bits per heavy atom. The first-order valence-corrected chi connectivity index (χ1v) is 8.57. The van der Waals surface area contributed by atoms with E-state index in [0.29, 0.717) is 23.7 Å². The fourth-order valence-corrected chi connectivity index (χ4v) is 2.90. The van der Waals surface area contributed by atoms with Crippen molar-refractivity contribution in [2.45, 2.75) is 19.4 Å². The first-order valence-electron chi connectivity index (χ1n) is 8.19. The van der Waals surface area contributed by atoms with Crippen LogP contribution in [0.3, 0.4) is 0 Å². The van der Waals surface area contributed by atoms with E-state index in [9.17, 15) is 9.59 Å². The Labute approximate surface area is 151 Å². The topological polar surface area (TPSA) is 58.6 Å². The molecule has 1 fully saturated rings. The minimum atomic E-state index is -0.356. The molecule has 0 aliphatic carbocycles. The van der Waals surface area contributed by atoms with Crippen LogP contribution in [-0.2, 0) is 4.74 Å². The van der Waals surface area contributed by atoms with Crippen molar-refractivity contribution in [3.05, 3.63) is 64.7 Å². The molecule has 0 radical (unpaired) electrons. The van der Waals surface area contributed by atoms with Crippen LogP contribution in [0.4, 0.5) is 10.5 Å². The highest BCUT2D eigenvalue weighted by Crippen LogP contribution is 2.22. The van der Waals surface area contributed by atoms with Crippen LogP contribution in [0.1, 0.15) is 35.3 Å². The highest BCUT2D eigenvalue weighted by atomic mass is 35.5. The molecule has 5 nitrogen and oxygen atoms in total. The highest BCUT2D eigenvalue weighted by molar-refractivity contribution is 6.30. The Morgan fingerprint density at radius 3 is 2.44 bits per heavy atom. The van der Waals surface area contributed by atoms with Gasteiger partial charge in [0.05, 0.1) is 12.6 Å². The average Bonchev–Trinajstić information content (AvgIpc) is 3.06. The quantitative estimate of drug-likeness (QED) is 0.872. The van der Waals surface area contributed by atoms with Crippen molar-refractivity contribution in [3.63, 3.8) is 0 Å². The molecule has 1 atom stereocenters. The zero-order chi connectivity index (χ0) is 17.8. The van der Waals surface area contributed by atoms with Gasteiger partial charge in [0.1, 0.15) is 6.61 Å². The zero-order valence-corrected chi connectivity index (χ0v) is 14.6. The number of rotatable bonds is 5. The van der Waals surface area contributed by atoms with Crippen LogP contribution in [0, 0.1) is 0 Å². The maximum absolute atomic E-state index is 12.5. The Balaban J connectivity index is 1.69. The number of amides is 2. The van der Waals surface area contributed by atoms with Crippen molar-refractivity contribution in [2.24, 2.45) is 0 Å². The fourth-order valence-electron chi connectivity index (χ4n) is 2.78. The molecule has 1 aliphatic heterocycles. The number of hydrogen-bond acceptors (Lipinski definition) is 3. The van der Waals surface area contributed by atoms with Gasteiger partial charge in [-0.2, -0.15) is 0 Å². The van der Waals surface area contributed by atoms with Gasteiger partial charge in [0.2, 0.25) is 0 Å². The molecule has 3 rings (SSSR count). The molecule has 1 aliphatic rings. The summed E-state index contributed by atoms with van der Waals surface area (Å²) in [4.78, 5) is 25.6. The number of ether oxygens (including phenoxy) is 1. The lowest BCUT2D eigenvalue weighted by Crippen LogP contribution is -2.28. The third kappa shape index (κ3) is 3.94. The zero-order valence-electron chi connectivity index (χ0n) is 13.9. The molecule has 2 aromatic rings. The van der Waals surface area contributed by atoms with Crippen molar-refractivity contribution in [1.29, 1.82) is 0 Å². The molecule has 25 heavy (non-hydrogen) atoms. The molecule has 1 unspecified atom stereocenters. The van der Waals surface area contributed by atoms with E-state index >= 15 is 0 Å². The Hall–Kier alpha value is -2.53. The van der Waals surface area contributed by atoms with E-state index < -0.39 is 0 Å². The minimum Gasteiger partial charge on any atom is -0.447 e. The number of nitrogens with one attached hydrogen (secondary N) is 1. The Morgan fingerprint density at radius 1 is 1.20 bits per heavy atom. The molecular formula is C19H19ClN2O3. The molecule has 6 heteroatoms. The predicted octanol–water partition coefficient (Wildman–Crippen LogP) is 4.18. The largest absolute Gasteiger partial charge is 0.447 e. The van der Waals surface area contributed by atoms with E-state index in [1.165, 1.54) is 0 Å². The molecule has 0 bridgehead atoms. The van der Waals surface area contributed by atoms with Crippen LogP contribution in [0.2, 0.25) is 5.02 Å². The third-order valence-electron chi connectivity index (χ3n) is 4.19. The first-order chi connectivity index (χ1) is 12.1. The Kier molecular flexibility index (Phi) is 5.24. The molecule has 0 spiro atoms. The summed E-state index contributed by atoms with van der Waals surface area (Å²) >= 11 is 5.92. The number of carbonyl (C=O) groups excluding carboxylic acids is 2. The van der Waals surface area contributed by atoms with Gasteiger partial charge in [-0.05, 0) is 48.4 Å². The number of benzene rings is 2. The summed E-state index contributed by atoms with van der Waals surface area (Å²) in [6.45, 7) is 2.93. The summed E-state index contributed by atoms with van der Waals surface area (Å²) in [5, 5.41) is 3.70. The molecule has 1 saturated heterocycles. The lowest BCUT2D eigenvalue weighted by atomic mass is 10.0. The van der Waals surface area contributed by atoms with Gasteiger partial charge in [-0.15, -0.1) is 0 Å². The van der Waals surface area contributed by atoms with Crippen LogP contribution in [0.5, 0.6) is 0 Å². The second-order valence-corrected chi connectivity index (χ2v) is 6.24. The van der Waals surface area contributed by atoms with Gasteiger partial charge in [0.25, 0.3) is 5.91 Å². The van der Waals surface area contributed by atoms with Crippen LogP contribution in [-0.4, -0.2) is 25.2 Å². The SMILES string of the molecule is CCC(NC(=O)c1ccc(N2CCOC2=O)cc1)c1ccc(Cl)cc1. The van der Waals surface area contributed by atoms with Crippen molar-refractivity contribution < 1.29 is 14.3 Å². The molecule has 130 valence electrons. The summed E-state index contributed by atoms with van der Waals surface area (Å²) in [6, 6.07) is 14.3. The summed E-state index contributed by atoms with van der Waals surface area (Å²) in [7, 11) is 0. The normalized spacial score (nSPS) is 15.0. The van der Waals surface area contributed by atoms with Crippen LogP contribution >= 0.6 is 11.6 Å². The van der Waals surface area contributed by atoms with Gasteiger partial charge in [0, 0.05) is 16.3 Å². The average molecular weight is 359 g/mol. The number of anilines is 1. The van der Waals surface area contributed by atoms with E-state index in [0.717, 1.165) is 17.7 Å².